The smallest absolute Gasteiger partial charge is 0.337 e. The van der Waals surface area contributed by atoms with Crippen molar-refractivity contribution >= 4 is 28.5 Å². The average Bonchev–Trinajstić information content (AvgIpc) is 3.42. The first kappa shape index (κ1) is 15.6. The largest absolute Gasteiger partial charge is 0.478 e. The topological polar surface area (TPSA) is 74.0 Å². The van der Waals surface area contributed by atoms with Gasteiger partial charge in [0, 0.05) is 22.2 Å². The molecule has 1 saturated carbocycles. The molecule has 1 fully saturated rings. The van der Waals surface area contributed by atoms with Gasteiger partial charge in [-0.25, -0.2) is 4.79 Å². The molecule has 1 aliphatic rings. The lowest BCUT2D eigenvalue weighted by molar-refractivity contribution is 0.0697. The third-order valence-electron chi connectivity index (χ3n) is 4.75. The summed E-state index contributed by atoms with van der Waals surface area (Å²) in [5.74, 6) is -1.04. The standard InChI is InChI=1S/C20H13ClN2O2/c21-14-5-6-17-15(9-14)18(16(10-23-17)19(24)25)12-1-3-13(4-2-12)20(11-22)7-8-20/h1-6,9-10H,7-8H2,(H,24,25). The number of aromatic carboxylic acids is 1. The molecule has 4 nitrogen and oxygen atoms in total. The molecule has 4 rings (SSSR count). The van der Waals surface area contributed by atoms with Crippen LogP contribution < -0.4 is 0 Å². The van der Waals surface area contributed by atoms with Crippen molar-refractivity contribution in [3.63, 3.8) is 0 Å². The Hall–Kier alpha value is -2.90. The van der Waals surface area contributed by atoms with Gasteiger partial charge in [0.25, 0.3) is 0 Å². The molecule has 1 aliphatic carbocycles. The van der Waals surface area contributed by atoms with Crippen molar-refractivity contribution in [3.8, 4) is 17.2 Å². The molecule has 0 bridgehead atoms. The zero-order valence-corrected chi connectivity index (χ0v) is 13.9. The van der Waals surface area contributed by atoms with Gasteiger partial charge in [0.15, 0.2) is 0 Å². The molecule has 3 aromatic rings. The fourth-order valence-electron chi connectivity index (χ4n) is 3.18. The zero-order valence-electron chi connectivity index (χ0n) is 13.2. The molecule has 0 aliphatic heterocycles. The van der Waals surface area contributed by atoms with E-state index in [1.54, 1.807) is 18.2 Å². The van der Waals surface area contributed by atoms with E-state index in [4.69, 9.17) is 11.6 Å². The summed E-state index contributed by atoms with van der Waals surface area (Å²) in [6, 6.07) is 15.2. The monoisotopic (exact) mass is 348 g/mol. The van der Waals surface area contributed by atoms with Gasteiger partial charge >= 0.3 is 5.97 Å². The molecule has 0 unspecified atom stereocenters. The maximum Gasteiger partial charge on any atom is 0.337 e. The normalized spacial score (nSPS) is 14.9. The number of carbonyl (C=O) groups is 1. The number of halogens is 1. The summed E-state index contributed by atoms with van der Waals surface area (Å²) in [5.41, 5.74) is 2.79. The van der Waals surface area contributed by atoms with E-state index in [-0.39, 0.29) is 11.0 Å². The predicted octanol–water partition coefficient (Wildman–Crippen LogP) is 4.81. The van der Waals surface area contributed by atoms with Crippen LogP contribution in [0.4, 0.5) is 0 Å². The zero-order chi connectivity index (χ0) is 17.6. The molecule has 0 spiro atoms. The van der Waals surface area contributed by atoms with E-state index in [0.717, 1.165) is 24.0 Å². The van der Waals surface area contributed by atoms with Crippen molar-refractivity contribution in [3.05, 3.63) is 64.8 Å². The minimum Gasteiger partial charge on any atom is -0.478 e. The van der Waals surface area contributed by atoms with Gasteiger partial charge in [-0.3, -0.25) is 4.98 Å². The molecule has 2 aromatic carbocycles. The van der Waals surface area contributed by atoms with Gasteiger partial charge in [0.1, 0.15) is 0 Å². The second-order valence-electron chi connectivity index (χ2n) is 6.28. The van der Waals surface area contributed by atoms with Crippen LogP contribution >= 0.6 is 11.6 Å². The number of nitriles is 1. The van der Waals surface area contributed by atoms with Gasteiger partial charge in [0.05, 0.1) is 22.6 Å². The molecule has 0 amide bonds. The summed E-state index contributed by atoms with van der Waals surface area (Å²) >= 11 is 6.11. The maximum absolute atomic E-state index is 11.7. The second-order valence-corrected chi connectivity index (χ2v) is 6.72. The quantitative estimate of drug-likeness (QED) is 0.737. The van der Waals surface area contributed by atoms with Crippen LogP contribution in [0.5, 0.6) is 0 Å². The molecule has 122 valence electrons. The third-order valence-corrected chi connectivity index (χ3v) is 4.99. The molecule has 0 saturated heterocycles. The minimum atomic E-state index is -1.04. The summed E-state index contributed by atoms with van der Waals surface area (Å²) in [7, 11) is 0. The number of hydrogen-bond donors (Lipinski definition) is 1. The molecule has 25 heavy (non-hydrogen) atoms. The van der Waals surface area contributed by atoms with E-state index < -0.39 is 5.97 Å². The Morgan fingerprint density at radius 2 is 1.92 bits per heavy atom. The minimum absolute atomic E-state index is 0.129. The van der Waals surface area contributed by atoms with Crippen molar-refractivity contribution < 1.29 is 9.90 Å². The summed E-state index contributed by atoms with van der Waals surface area (Å²) < 4.78 is 0. The molecule has 0 radical (unpaired) electrons. The second kappa shape index (κ2) is 5.58. The fraction of sp³-hybridized carbons (Fsp3) is 0.150. The number of nitrogens with zero attached hydrogens (tertiary/aromatic N) is 2. The highest BCUT2D eigenvalue weighted by atomic mass is 35.5. The first-order valence-electron chi connectivity index (χ1n) is 7.88. The van der Waals surface area contributed by atoms with E-state index in [9.17, 15) is 15.2 Å². The number of fused-ring (bicyclic) bond motifs is 1. The van der Waals surface area contributed by atoms with Crippen LogP contribution in [0.15, 0.2) is 48.7 Å². The number of carboxylic acid groups (broad SMARTS) is 1. The van der Waals surface area contributed by atoms with Crippen molar-refractivity contribution in [1.29, 1.82) is 5.26 Å². The van der Waals surface area contributed by atoms with Crippen LogP contribution in [0, 0.1) is 11.3 Å². The average molecular weight is 349 g/mol. The Kier molecular flexibility index (Phi) is 3.48. The van der Waals surface area contributed by atoms with Crippen LogP contribution in [0.1, 0.15) is 28.8 Å². The summed E-state index contributed by atoms with van der Waals surface area (Å²) in [6.07, 6.45) is 3.12. The molecule has 5 heteroatoms. The number of carboxylic acids is 1. The first-order chi connectivity index (χ1) is 12.0. The van der Waals surface area contributed by atoms with Gasteiger partial charge in [-0.2, -0.15) is 5.26 Å². The van der Waals surface area contributed by atoms with Crippen molar-refractivity contribution in [2.45, 2.75) is 18.3 Å². The van der Waals surface area contributed by atoms with Crippen molar-refractivity contribution in [2.24, 2.45) is 0 Å². The van der Waals surface area contributed by atoms with E-state index in [2.05, 4.69) is 11.1 Å². The highest BCUT2D eigenvalue weighted by Crippen LogP contribution is 2.48. The lowest BCUT2D eigenvalue weighted by Gasteiger charge is -2.12. The number of benzene rings is 2. The Labute approximate surface area is 149 Å². The highest BCUT2D eigenvalue weighted by Gasteiger charge is 2.44. The lowest BCUT2D eigenvalue weighted by Crippen LogP contribution is -2.04. The highest BCUT2D eigenvalue weighted by molar-refractivity contribution is 6.31. The van der Waals surface area contributed by atoms with Crippen LogP contribution in [0.25, 0.3) is 22.0 Å². The van der Waals surface area contributed by atoms with E-state index in [1.807, 2.05) is 24.3 Å². The van der Waals surface area contributed by atoms with Crippen molar-refractivity contribution in [2.75, 3.05) is 0 Å². The number of pyridine rings is 1. The Bertz CT molecular complexity index is 1050. The van der Waals surface area contributed by atoms with Crippen LogP contribution in [0.3, 0.4) is 0 Å². The maximum atomic E-state index is 11.7. The molecular formula is C20H13ClN2O2. The SMILES string of the molecule is N#CC1(c2ccc(-c3c(C(=O)O)cnc4ccc(Cl)cc34)cc2)CC1. The Balaban J connectivity index is 1.93. The Morgan fingerprint density at radius 3 is 2.52 bits per heavy atom. The van der Waals surface area contributed by atoms with Gasteiger partial charge in [-0.05, 0) is 42.2 Å². The van der Waals surface area contributed by atoms with Gasteiger partial charge < -0.3 is 5.11 Å². The number of rotatable bonds is 3. The van der Waals surface area contributed by atoms with E-state index >= 15 is 0 Å². The van der Waals surface area contributed by atoms with E-state index in [1.165, 1.54) is 6.20 Å². The van der Waals surface area contributed by atoms with Gasteiger partial charge in [0.2, 0.25) is 0 Å². The molecule has 1 aromatic heterocycles. The number of hydrogen-bond acceptors (Lipinski definition) is 3. The first-order valence-corrected chi connectivity index (χ1v) is 8.26. The van der Waals surface area contributed by atoms with E-state index in [0.29, 0.717) is 21.5 Å². The van der Waals surface area contributed by atoms with Crippen LogP contribution in [-0.4, -0.2) is 16.1 Å². The Morgan fingerprint density at radius 1 is 1.20 bits per heavy atom. The predicted molar refractivity (Wildman–Crippen MR) is 95.7 cm³/mol. The van der Waals surface area contributed by atoms with Crippen molar-refractivity contribution in [1.82, 2.24) is 4.98 Å². The van der Waals surface area contributed by atoms with Gasteiger partial charge in [-0.1, -0.05) is 35.9 Å². The molecular weight excluding hydrogens is 336 g/mol. The lowest BCUT2D eigenvalue weighted by atomic mass is 9.92. The van der Waals surface area contributed by atoms with Crippen LogP contribution in [-0.2, 0) is 5.41 Å². The molecule has 1 N–H and O–H groups in total. The van der Waals surface area contributed by atoms with Crippen LogP contribution in [0.2, 0.25) is 5.02 Å². The molecule has 1 heterocycles. The summed E-state index contributed by atoms with van der Waals surface area (Å²) in [5, 5.41) is 20.1. The third kappa shape index (κ3) is 2.54. The number of aromatic nitrogens is 1. The summed E-state index contributed by atoms with van der Waals surface area (Å²) in [6.45, 7) is 0. The summed E-state index contributed by atoms with van der Waals surface area (Å²) in [4.78, 5) is 15.9. The molecule has 0 atom stereocenters. The van der Waals surface area contributed by atoms with Gasteiger partial charge in [-0.15, -0.1) is 0 Å². The fourth-order valence-corrected chi connectivity index (χ4v) is 3.36.